The van der Waals surface area contributed by atoms with Gasteiger partial charge in [0.15, 0.2) is 0 Å². The first kappa shape index (κ1) is 13.5. The smallest absolute Gasteiger partial charge is 0.272 e. The van der Waals surface area contributed by atoms with Crippen molar-refractivity contribution in [3.63, 3.8) is 0 Å². The van der Waals surface area contributed by atoms with Gasteiger partial charge in [0.2, 0.25) is 0 Å². The standard InChI is InChI=1S/C15H20N2O3/c1-10-12(3-2-4-14(10)17(18)19)9-16-13-7-8-20-15(13)11-5-6-11/h2-4,11,13,15-16H,5-9H2,1H3. The lowest BCUT2D eigenvalue weighted by atomic mass is 10.0. The van der Waals surface area contributed by atoms with Crippen LogP contribution in [0.2, 0.25) is 0 Å². The minimum atomic E-state index is -0.315. The van der Waals surface area contributed by atoms with Crippen LogP contribution in [0.1, 0.15) is 30.4 Å². The first-order valence-electron chi connectivity index (χ1n) is 7.24. The van der Waals surface area contributed by atoms with Crippen molar-refractivity contribution in [1.29, 1.82) is 0 Å². The van der Waals surface area contributed by atoms with Crippen LogP contribution in [0.4, 0.5) is 5.69 Å². The minimum Gasteiger partial charge on any atom is -0.376 e. The van der Waals surface area contributed by atoms with Crippen molar-refractivity contribution in [3.8, 4) is 0 Å². The highest BCUT2D eigenvalue weighted by atomic mass is 16.6. The number of nitro groups is 1. The Hall–Kier alpha value is -1.46. The Labute approximate surface area is 118 Å². The third kappa shape index (κ3) is 2.69. The van der Waals surface area contributed by atoms with Gasteiger partial charge in [0.05, 0.1) is 11.0 Å². The van der Waals surface area contributed by atoms with Crippen LogP contribution in [0.3, 0.4) is 0 Å². The monoisotopic (exact) mass is 276 g/mol. The first-order valence-corrected chi connectivity index (χ1v) is 7.24. The Bertz CT molecular complexity index is 514. The molecule has 1 saturated carbocycles. The van der Waals surface area contributed by atoms with E-state index in [2.05, 4.69) is 5.32 Å². The zero-order chi connectivity index (χ0) is 14.1. The van der Waals surface area contributed by atoms with Crippen LogP contribution in [0.25, 0.3) is 0 Å². The van der Waals surface area contributed by atoms with Crippen molar-refractivity contribution < 1.29 is 9.66 Å². The summed E-state index contributed by atoms with van der Waals surface area (Å²) in [6.45, 7) is 3.32. The maximum Gasteiger partial charge on any atom is 0.272 e. The highest BCUT2D eigenvalue weighted by molar-refractivity contribution is 5.44. The Kier molecular flexibility index (Phi) is 3.72. The lowest BCUT2D eigenvalue weighted by Crippen LogP contribution is -2.37. The molecule has 0 amide bonds. The lowest BCUT2D eigenvalue weighted by Gasteiger charge is -2.20. The van der Waals surface area contributed by atoms with Gasteiger partial charge in [-0.25, -0.2) is 0 Å². The molecule has 2 aliphatic rings. The van der Waals surface area contributed by atoms with Crippen molar-refractivity contribution in [3.05, 3.63) is 39.4 Å². The molecule has 1 aromatic carbocycles. The molecule has 5 heteroatoms. The van der Waals surface area contributed by atoms with Gasteiger partial charge in [-0.05, 0) is 37.7 Å². The lowest BCUT2D eigenvalue weighted by molar-refractivity contribution is -0.385. The van der Waals surface area contributed by atoms with Gasteiger partial charge in [-0.1, -0.05) is 12.1 Å². The van der Waals surface area contributed by atoms with Crippen LogP contribution in [-0.4, -0.2) is 23.7 Å². The molecule has 5 nitrogen and oxygen atoms in total. The average molecular weight is 276 g/mol. The van der Waals surface area contributed by atoms with Crippen LogP contribution in [-0.2, 0) is 11.3 Å². The Morgan fingerprint density at radius 3 is 2.90 bits per heavy atom. The second-order valence-corrected chi connectivity index (χ2v) is 5.77. The zero-order valence-electron chi connectivity index (χ0n) is 11.7. The van der Waals surface area contributed by atoms with Crippen molar-refractivity contribution in [2.24, 2.45) is 5.92 Å². The number of nitrogens with zero attached hydrogens (tertiary/aromatic N) is 1. The van der Waals surface area contributed by atoms with Gasteiger partial charge in [0.1, 0.15) is 0 Å². The van der Waals surface area contributed by atoms with E-state index in [1.165, 1.54) is 12.8 Å². The largest absolute Gasteiger partial charge is 0.376 e. The summed E-state index contributed by atoms with van der Waals surface area (Å²) < 4.78 is 5.80. The molecule has 1 saturated heterocycles. The molecule has 0 spiro atoms. The molecule has 1 heterocycles. The molecule has 1 aliphatic heterocycles. The van der Waals surface area contributed by atoms with E-state index in [0.29, 0.717) is 18.7 Å². The minimum absolute atomic E-state index is 0.200. The highest BCUT2D eigenvalue weighted by Gasteiger charge is 2.40. The second-order valence-electron chi connectivity index (χ2n) is 5.77. The molecule has 0 radical (unpaired) electrons. The van der Waals surface area contributed by atoms with E-state index in [9.17, 15) is 10.1 Å². The molecule has 0 aromatic heterocycles. The summed E-state index contributed by atoms with van der Waals surface area (Å²) >= 11 is 0. The fraction of sp³-hybridized carbons (Fsp3) is 0.600. The van der Waals surface area contributed by atoms with Gasteiger partial charge in [-0.2, -0.15) is 0 Å². The fourth-order valence-corrected chi connectivity index (χ4v) is 3.02. The van der Waals surface area contributed by atoms with Crippen LogP contribution < -0.4 is 5.32 Å². The second kappa shape index (κ2) is 5.50. The third-order valence-electron chi connectivity index (χ3n) is 4.39. The van der Waals surface area contributed by atoms with Crippen LogP contribution in [0.15, 0.2) is 18.2 Å². The zero-order valence-corrected chi connectivity index (χ0v) is 11.7. The number of nitrogens with one attached hydrogen (secondary N) is 1. The first-order chi connectivity index (χ1) is 9.66. The quantitative estimate of drug-likeness (QED) is 0.663. The van der Waals surface area contributed by atoms with E-state index in [1.807, 2.05) is 13.0 Å². The topological polar surface area (TPSA) is 64.4 Å². The van der Waals surface area contributed by atoms with Crippen molar-refractivity contribution in [2.75, 3.05) is 6.61 Å². The SMILES string of the molecule is Cc1c(CNC2CCOC2C2CC2)cccc1[N+](=O)[O-]. The maximum atomic E-state index is 10.9. The predicted octanol–water partition coefficient (Wildman–Crippen LogP) is 2.56. The molecule has 0 bridgehead atoms. The Balaban J connectivity index is 1.66. The fourth-order valence-electron chi connectivity index (χ4n) is 3.02. The number of benzene rings is 1. The molecule has 2 unspecified atom stereocenters. The molecule has 3 rings (SSSR count). The number of hydrogen-bond acceptors (Lipinski definition) is 4. The Morgan fingerprint density at radius 1 is 1.40 bits per heavy atom. The molecule has 108 valence electrons. The summed E-state index contributed by atoms with van der Waals surface area (Å²) in [5.74, 6) is 0.723. The van der Waals surface area contributed by atoms with Gasteiger partial charge < -0.3 is 10.1 Å². The van der Waals surface area contributed by atoms with E-state index in [4.69, 9.17) is 4.74 Å². The summed E-state index contributed by atoms with van der Waals surface area (Å²) in [5, 5.41) is 14.5. The van der Waals surface area contributed by atoms with Gasteiger partial charge in [-0.3, -0.25) is 10.1 Å². The molecule has 1 aromatic rings. The predicted molar refractivity (Wildman–Crippen MR) is 75.5 cm³/mol. The third-order valence-corrected chi connectivity index (χ3v) is 4.39. The number of ether oxygens (including phenoxy) is 1. The van der Waals surface area contributed by atoms with E-state index in [0.717, 1.165) is 30.1 Å². The summed E-state index contributed by atoms with van der Waals surface area (Å²) in [6, 6.07) is 5.66. The van der Waals surface area contributed by atoms with Crippen LogP contribution in [0.5, 0.6) is 0 Å². The number of rotatable bonds is 5. The summed E-state index contributed by atoms with van der Waals surface area (Å²) in [7, 11) is 0. The molecule has 20 heavy (non-hydrogen) atoms. The molecule has 1 N–H and O–H groups in total. The highest BCUT2D eigenvalue weighted by Crippen LogP contribution is 2.38. The van der Waals surface area contributed by atoms with E-state index in [1.54, 1.807) is 12.1 Å². The van der Waals surface area contributed by atoms with Crippen molar-refractivity contribution >= 4 is 5.69 Å². The Morgan fingerprint density at radius 2 is 2.20 bits per heavy atom. The van der Waals surface area contributed by atoms with Gasteiger partial charge in [0.25, 0.3) is 5.69 Å². The van der Waals surface area contributed by atoms with Gasteiger partial charge in [0, 0.05) is 30.8 Å². The summed E-state index contributed by atoms with van der Waals surface area (Å²) in [6.07, 6.45) is 3.93. The number of hydrogen-bond donors (Lipinski definition) is 1. The molecular formula is C15H20N2O3. The number of nitro benzene ring substituents is 1. The van der Waals surface area contributed by atoms with Crippen LogP contribution in [0, 0.1) is 23.0 Å². The summed E-state index contributed by atoms with van der Waals surface area (Å²) in [5.41, 5.74) is 1.96. The van der Waals surface area contributed by atoms with E-state index < -0.39 is 0 Å². The van der Waals surface area contributed by atoms with Crippen LogP contribution >= 0.6 is 0 Å². The average Bonchev–Trinajstić information content (AvgIpc) is 3.16. The molecular weight excluding hydrogens is 256 g/mol. The normalized spacial score (nSPS) is 25.9. The van der Waals surface area contributed by atoms with Gasteiger partial charge >= 0.3 is 0 Å². The maximum absolute atomic E-state index is 10.9. The van der Waals surface area contributed by atoms with Gasteiger partial charge in [-0.15, -0.1) is 0 Å². The molecule has 2 fully saturated rings. The van der Waals surface area contributed by atoms with Crippen molar-refractivity contribution in [1.82, 2.24) is 5.32 Å². The van der Waals surface area contributed by atoms with Crippen molar-refractivity contribution in [2.45, 2.75) is 44.9 Å². The molecule has 2 atom stereocenters. The van der Waals surface area contributed by atoms with E-state index in [-0.39, 0.29) is 10.6 Å². The van der Waals surface area contributed by atoms with E-state index >= 15 is 0 Å². The summed E-state index contributed by atoms with van der Waals surface area (Å²) in [4.78, 5) is 10.6. The molecule has 1 aliphatic carbocycles.